The number of carbonyl (C=O) groups is 3. The fraction of sp³-hybridized carbons (Fsp3) is 0.121. The van der Waals surface area contributed by atoms with Gasteiger partial charge in [0.1, 0.15) is 5.70 Å². The molecule has 8 heteroatoms. The van der Waals surface area contributed by atoms with Crippen LogP contribution in [-0.4, -0.2) is 23.5 Å². The fourth-order valence-corrected chi connectivity index (χ4v) is 4.72. The Morgan fingerprint density at radius 2 is 1.51 bits per heavy atom. The number of anilines is 2. The fourth-order valence-electron chi connectivity index (χ4n) is 3.83. The van der Waals surface area contributed by atoms with Gasteiger partial charge in [-0.3, -0.25) is 14.4 Å². The Morgan fingerprint density at radius 1 is 0.805 bits per heavy atom. The van der Waals surface area contributed by atoms with Crippen LogP contribution in [0.3, 0.4) is 0 Å². The maximum absolute atomic E-state index is 13.3. The lowest BCUT2D eigenvalue weighted by atomic mass is 10.0. The zero-order valence-corrected chi connectivity index (χ0v) is 24.3. The summed E-state index contributed by atoms with van der Waals surface area (Å²) < 4.78 is 0. The van der Waals surface area contributed by atoms with Crippen LogP contribution in [0.15, 0.2) is 114 Å². The molecule has 6 nitrogen and oxygen atoms in total. The third kappa shape index (κ3) is 9.10. The van der Waals surface area contributed by atoms with Crippen molar-refractivity contribution in [3.63, 3.8) is 0 Å². The molecule has 0 atom stereocenters. The minimum atomic E-state index is -0.455. The lowest BCUT2D eigenvalue weighted by Crippen LogP contribution is -2.30. The maximum Gasteiger partial charge on any atom is 0.272 e. The molecule has 0 aliphatic heterocycles. The Balaban J connectivity index is 1.42. The van der Waals surface area contributed by atoms with Gasteiger partial charge in [0, 0.05) is 26.9 Å². The quantitative estimate of drug-likeness (QED) is 0.132. The van der Waals surface area contributed by atoms with Gasteiger partial charge in [-0.25, -0.2) is 0 Å². The van der Waals surface area contributed by atoms with E-state index < -0.39 is 5.91 Å². The molecule has 0 saturated heterocycles. The van der Waals surface area contributed by atoms with Crippen LogP contribution in [0.2, 0.25) is 5.02 Å². The van der Waals surface area contributed by atoms with Crippen LogP contribution in [-0.2, 0) is 9.59 Å². The first kappa shape index (κ1) is 29.6. The lowest BCUT2D eigenvalue weighted by molar-refractivity contribution is -0.114. The summed E-state index contributed by atoms with van der Waals surface area (Å²) >= 11 is 7.34. The van der Waals surface area contributed by atoms with Crippen LogP contribution in [0, 0.1) is 0 Å². The monoisotopic (exact) mass is 583 g/mol. The van der Waals surface area contributed by atoms with Gasteiger partial charge >= 0.3 is 0 Å². The first-order valence-electron chi connectivity index (χ1n) is 13.0. The molecule has 0 spiro atoms. The number of benzene rings is 4. The average molecular weight is 584 g/mol. The normalized spacial score (nSPS) is 11.2. The van der Waals surface area contributed by atoms with Gasteiger partial charge < -0.3 is 16.0 Å². The highest BCUT2D eigenvalue weighted by Crippen LogP contribution is 2.22. The Labute approximate surface area is 249 Å². The first-order chi connectivity index (χ1) is 19.8. The number of nitrogens with one attached hydrogen (secondary N) is 3. The standard InChI is InChI=1S/C33H30ClN3O3S/c1-22(2)24-13-11-23(12-14-24)19-30(37-32(39)25-7-4-3-5-8-25)33(40)36-27-15-17-29(18-16-27)41-21-31(38)35-28-10-6-9-26(34)20-28/h3-20,22H,21H2,1-2H3,(H,35,38)(H,36,40)(H,37,39)/b30-19-. The second kappa shape index (κ2) is 14.3. The van der Waals surface area contributed by atoms with Crippen molar-refractivity contribution in [1.82, 2.24) is 5.32 Å². The van der Waals surface area contributed by atoms with E-state index in [-0.39, 0.29) is 23.3 Å². The predicted octanol–water partition coefficient (Wildman–Crippen LogP) is 7.60. The molecule has 4 aromatic carbocycles. The molecule has 41 heavy (non-hydrogen) atoms. The smallest absolute Gasteiger partial charge is 0.272 e. The predicted molar refractivity (Wildman–Crippen MR) is 168 cm³/mol. The maximum atomic E-state index is 13.3. The van der Waals surface area contributed by atoms with E-state index in [0.29, 0.717) is 27.9 Å². The molecule has 0 fully saturated rings. The third-order valence-electron chi connectivity index (χ3n) is 6.03. The summed E-state index contributed by atoms with van der Waals surface area (Å²) in [5, 5.41) is 8.98. The number of hydrogen-bond donors (Lipinski definition) is 3. The Hall–Kier alpha value is -4.33. The third-order valence-corrected chi connectivity index (χ3v) is 7.28. The summed E-state index contributed by atoms with van der Waals surface area (Å²) in [6, 6.07) is 30.7. The molecule has 3 N–H and O–H groups in total. The van der Waals surface area contributed by atoms with Crippen LogP contribution in [0.25, 0.3) is 6.08 Å². The molecule has 0 saturated carbocycles. The van der Waals surface area contributed by atoms with Crippen LogP contribution in [0.1, 0.15) is 41.3 Å². The van der Waals surface area contributed by atoms with Crippen LogP contribution in [0.5, 0.6) is 0 Å². The van der Waals surface area contributed by atoms with E-state index in [1.54, 1.807) is 66.7 Å². The van der Waals surface area contributed by atoms with Crippen molar-refractivity contribution in [3.8, 4) is 0 Å². The van der Waals surface area contributed by atoms with Gasteiger partial charge in [0.2, 0.25) is 5.91 Å². The number of thioether (sulfide) groups is 1. The summed E-state index contributed by atoms with van der Waals surface area (Å²) in [5.74, 6) is -0.393. The Kier molecular flexibility index (Phi) is 10.4. The van der Waals surface area contributed by atoms with Gasteiger partial charge in [0.25, 0.3) is 11.8 Å². The summed E-state index contributed by atoms with van der Waals surface area (Å²) in [6.45, 7) is 4.23. The summed E-state index contributed by atoms with van der Waals surface area (Å²) in [4.78, 5) is 39.3. The number of halogens is 1. The molecule has 0 aliphatic rings. The van der Waals surface area contributed by atoms with Gasteiger partial charge in [0.15, 0.2) is 0 Å². The topological polar surface area (TPSA) is 87.3 Å². The number of rotatable bonds is 10. The zero-order chi connectivity index (χ0) is 29.2. The van der Waals surface area contributed by atoms with E-state index in [4.69, 9.17) is 11.6 Å². The molecule has 3 amide bonds. The molecule has 4 rings (SSSR count). The summed E-state index contributed by atoms with van der Waals surface area (Å²) in [7, 11) is 0. The lowest BCUT2D eigenvalue weighted by Gasteiger charge is -2.12. The van der Waals surface area contributed by atoms with Gasteiger partial charge in [0.05, 0.1) is 5.75 Å². The van der Waals surface area contributed by atoms with Gasteiger partial charge in [-0.1, -0.05) is 74.0 Å². The number of amides is 3. The largest absolute Gasteiger partial charge is 0.325 e. The number of hydrogen-bond acceptors (Lipinski definition) is 4. The molecule has 0 heterocycles. The van der Waals surface area contributed by atoms with Gasteiger partial charge in [-0.2, -0.15) is 0 Å². The van der Waals surface area contributed by atoms with E-state index in [1.807, 2.05) is 42.5 Å². The van der Waals surface area contributed by atoms with Crippen LogP contribution in [0.4, 0.5) is 11.4 Å². The molecule has 0 radical (unpaired) electrons. The SMILES string of the molecule is CC(C)c1ccc(/C=C(\NC(=O)c2ccccc2)C(=O)Nc2ccc(SCC(=O)Nc3cccc(Cl)c3)cc2)cc1. The first-order valence-corrected chi connectivity index (χ1v) is 14.4. The van der Waals surface area contributed by atoms with E-state index in [0.717, 1.165) is 10.5 Å². The number of carbonyl (C=O) groups excluding carboxylic acids is 3. The van der Waals surface area contributed by atoms with E-state index >= 15 is 0 Å². The molecule has 4 aromatic rings. The van der Waals surface area contributed by atoms with Gasteiger partial charge in [-0.15, -0.1) is 11.8 Å². The second-order valence-electron chi connectivity index (χ2n) is 9.53. The minimum absolute atomic E-state index is 0.118. The van der Waals surface area contributed by atoms with Crippen LogP contribution < -0.4 is 16.0 Å². The molecule has 0 unspecified atom stereocenters. The van der Waals surface area contributed by atoms with Crippen molar-refractivity contribution in [1.29, 1.82) is 0 Å². The van der Waals surface area contributed by atoms with Crippen molar-refractivity contribution in [2.75, 3.05) is 16.4 Å². The van der Waals surface area contributed by atoms with Crippen molar-refractivity contribution in [2.24, 2.45) is 0 Å². The van der Waals surface area contributed by atoms with E-state index in [1.165, 1.54) is 17.3 Å². The molecular weight excluding hydrogens is 554 g/mol. The molecule has 0 aliphatic carbocycles. The minimum Gasteiger partial charge on any atom is -0.325 e. The van der Waals surface area contributed by atoms with Crippen molar-refractivity contribution in [3.05, 3.63) is 131 Å². The van der Waals surface area contributed by atoms with Crippen molar-refractivity contribution >= 4 is 58.5 Å². The zero-order valence-electron chi connectivity index (χ0n) is 22.7. The molecular formula is C33H30ClN3O3S. The summed E-state index contributed by atoms with van der Waals surface area (Å²) in [6.07, 6.45) is 1.66. The molecule has 0 bridgehead atoms. The second-order valence-corrected chi connectivity index (χ2v) is 11.0. The van der Waals surface area contributed by atoms with E-state index in [2.05, 4.69) is 29.8 Å². The Morgan fingerprint density at radius 3 is 2.17 bits per heavy atom. The van der Waals surface area contributed by atoms with Crippen molar-refractivity contribution in [2.45, 2.75) is 24.7 Å². The highest BCUT2D eigenvalue weighted by molar-refractivity contribution is 8.00. The van der Waals surface area contributed by atoms with E-state index in [9.17, 15) is 14.4 Å². The van der Waals surface area contributed by atoms with Crippen molar-refractivity contribution < 1.29 is 14.4 Å². The highest BCUT2D eigenvalue weighted by atomic mass is 35.5. The van der Waals surface area contributed by atoms with Gasteiger partial charge in [-0.05, 0) is 77.7 Å². The highest BCUT2D eigenvalue weighted by Gasteiger charge is 2.15. The van der Waals surface area contributed by atoms with Crippen LogP contribution >= 0.6 is 23.4 Å². The average Bonchev–Trinajstić information content (AvgIpc) is 2.97. The molecule has 0 aromatic heterocycles. The Bertz CT molecular complexity index is 1540. The summed E-state index contributed by atoms with van der Waals surface area (Å²) in [5.41, 5.74) is 3.73. The molecule has 208 valence electrons.